The quantitative estimate of drug-likeness (QED) is 0.756. The molecule has 0 saturated heterocycles. The fraction of sp³-hybridized carbons (Fsp3) is 0.0667. The SMILES string of the molecule is Cc1cc(F)ccc1-c1noc(-c2ccc(O)cc2O)n1. The van der Waals surface area contributed by atoms with E-state index < -0.39 is 0 Å². The van der Waals surface area contributed by atoms with Crippen LogP contribution < -0.4 is 0 Å². The Hall–Kier alpha value is -2.89. The van der Waals surface area contributed by atoms with Gasteiger partial charge in [0.25, 0.3) is 5.89 Å². The van der Waals surface area contributed by atoms with Crippen LogP contribution in [0.15, 0.2) is 40.9 Å². The molecule has 6 heteroatoms. The normalized spacial score (nSPS) is 10.8. The molecule has 0 spiro atoms. The van der Waals surface area contributed by atoms with Crippen molar-refractivity contribution in [3.05, 3.63) is 47.8 Å². The lowest BCUT2D eigenvalue weighted by atomic mass is 10.1. The summed E-state index contributed by atoms with van der Waals surface area (Å²) >= 11 is 0. The van der Waals surface area contributed by atoms with Crippen molar-refractivity contribution in [3.63, 3.8) is 0 Å². The van der Waals surface area contributed by atoms with Crippen LogP contribution in [-0.4, -0.2) is 20.4 Å². The molecule has 0 amide bonds. The molecule has 1 aromatic heterocycles. The summed E-state index contributed by atoms with van der Waals surface area (Å²) in [7, 11) is 0. The van der Waals surface area contributed by atoms with E-state index in [0.29, 0.717) is 22.5 Å². The second-order valence-electron chi connectivity index (χ2n) is 4.58. The lowest BCUT2D eigenvalue weighted by Crippen LogP contribution is -1.87. The van der Waals surface area contributed by atoms with E-state index in [1.165, 1.54) is 30.3 Å². The Balaban J connectivity index is 2.03. The van der Waals surface area contributed by atoms with Crippen LogP contribution in [0.3, 0.4) is 0 Å². The predicted molar refractivity (Wildman–Crippen MR) is 73.2 cm³/mol. The Morgan fingerprint density at radius 1 is 1.05 bits per heavy atom. The van der Waals surface area contributed by atoms with E-state index in [-0.39, 0.29) is 23.2 Å². The number of halogens is 1. The molecule has 0 aliphatic rings. The second kappa shape index (κ2) is 4.90. The van der Waals surface area contributed by atoms with Gasteiger partial charge >= 0.3 is 0 Å². The molecule has 0 fully saturated rings. The van der Waals surface area contributed by atoms with E-state index in [1.807, 2.05) is 0 Å². The Kier molecular flexibility index (Phi) is 3.06. The Labute approximate surface area is 119 Å². The molecule has 0 bridgehead atoms. The summed E-state index contributed by atoms with van der Waals surface area (Å²) in [6, 6.07) is 8.32. The van der Waals surface area contributed by atoms with E-state index in [2.05, 4.69) is 10.1 Å². The molecule has 0 atom stereocenters. The number of benzene rings is 2. The average Bonchev–Trinajstić information content (AvgIpc) is 2.87. The molecular weight excluding hydrogens is 275 g/mol. The van der Waals surface area contributed by atoms with Crippen molar-refractivity contribution >= 4 is 0 Å². The van der Waals surface area contributed by atoms with Crippen molar-refractivity contribution in [3.8, 4) is 34.3 Å². The van der Waals surface area contributed by atoms with Crippen LogP contribution in [0.25, 0.3) is 22.8 Å². The number of phenols is 2. The highest BCUT2D eigenvalue weighted by molar-refractivity contribution is 5.67. The lowest BCUT2D eigenvalue weighted by molar-refractivity contribution is 0.423. The Bertz CT molecular complexity index is 748. The van der Waals surface area contributed by atoms with Crippen LogP contribution in [-0.2, 0) is 0 Å². The zero-order valence-electron chi connectivity index (χ0n) is 11.0. The van der Waals surface area contributed by atoms with Gasteiger partial charge in [0, 0.05) is 11.6 Å². The smallest absolute Gasteiger partial charge is 0.262 e. The van der Waals surface area contributed by atoms with Crippen LogP contribution in [0.5, 0.6) is 11.5 Å². The number of aromatic nitrogens is 2. The molecular formula is C15H11FN2O3. The first-order valence-corrected chi connectivity index (χ1v) is 6.17. The van der Waals surface area contributed by atoms with Crippen LogP contribution >= 0.6 is 0 Å². The number of nitrogens with zero attached hydrogens (tertiary/aromatic N) is 2. The van der Waals surface area contributed by atoms with Gasteiger partial charge in [0.1, 0.15) is 17.3 Å². The molecule has 0 aliphatic heterocycles. The summed E-state index contributed by atoms with van der Waals surface area (Å²) in [5, 5.41) is 22.9. The summed E-state index contributed by atoms with van der Waals surface area (Å²) in [6.07, 6.45) is 0. The van der Waals surface area contributed by atoms with Crippen molar-refractivity contribution in [1.29, 1.82) is 0 Å². The van der Waals surface area contributed by atoms with Crippen molar-refractivity contribution < 1.29 is 19.1 Å². The fourth-order valence-corrected chi connectivity index (χ4v) is 2.02. The van der Waals surface area contributed by atoms with Gasteiger partial charge in [-0.2, -0.15) is 4.98 Å². The highest BCUT2D eigenvalue weighted by Gasteiger charge is 2.15. The third kappa shape index (κ3) is 2.43. The molecule has 0 radical (unpaired) electrons. The highest BCUT2D eigenvalue weighted by atomic mass is 19.1. The third-order valence-corrected chi connectivity index (χ3v) is 3.07. The Morgan fingerprint density at radius 3 is 2.52 bits per heavy atom. The Morgan fingerprint density at radius 2 is 1.81 bits per heavy atom. The van der Waals surface area contributed by atoms with E-state index in [4.69, 9.17) is 4.52 Å². The number of aryl methyl sites for hydroxylation is 1. The number of aromatic hydroxyl groups is 2. The van der Waals surface area contributed by atoms with Gasteiger partial charge in [0.05, 0.1) is 5.56 Å². The molecule has 106 valence electrons. The van der Waals surface area contributed by atoms with Crippen LogP contribution in [0, 0.1) is 12.7 Å². The largest absolute Gasteiger partial charge is 0.508 e. The minimum atomic E-state index is -0.337. The fourth-order valence-electron chi connectivity index (χ4n) is 2.02. The van der Waals surface area contributed by atoms with Gasteiger partial charge in [-0.15, -0.1) is 0 Å². The van der Waals surface area contributed by atoms with Gasteiger partial charge < -0.3 is 14.7 Å². The summed E-state index contributed by atoms with van der Waals surface area (Å²) in [4.78, 5) is 4.19. The molecule has 1 heterocycles. The van der Waals surface area contributed by atoms with E-state index in [0.717, 1.165) is 0 Å². The van der Waals surface area contributed by atoms with Crippen molar-refractivity contribution in [1.82, 2.24) is 10.1 Å². The maximum atomic E-state index is 13.1. The topological polar surface area (TPSA) is 79.4 Å². The number of rotatable bonds is 2. The van der Waals surface area contributed by atoms with Gasteiger partial charge in [-0.05, 0) is 42.8 Å². The first-order chi connectivity index (χ1) is 10.0. The lowest BCUT2D eigenvalue weighted by Gasteiger charge is -2.00. The van der Waals surface area contributed by atoms with Crippen molar-refractivity contribution in [2.45, 2.75) is 6.92 Å². The standard InChI is InChI=1S/C15H11FN2O3/c1-8-6-9(16)2-4-11(8)14-17-15(21-18-14)12-5-3-10(19)7-13(12)20/h2-7,19-20H,1H3. The monoisotopic (exact) mass is 286 g/mol. The summed E-state index contributed by atoms with van der Waals surface area (Å²) in [5.41, 5.74) is 1.63. The van der Waals surface area contributed by atoms with E-state index in [1.54, 1.807) is 13.0 Å². The molecule has 5 nitrogen and oxygen atoms in total. The molecule has 3 aromatic rings. The average molecular weight is 286 g/mol. The third-order valence-electron chi connectivity index (χ3n) is 3.07. The van der Waals surface area contributed by atoms with E-state index in [9.17, 15) is 14.6 Å². The summed E-state index contributed by atoms with van der Waals surface area (Å²) in [5.74, 6) is -0.149. The molecule has 2 aromatic carbocycles. The second-order valence-corrected chi connectivity index (χ2v) is 4.58. The first-order valence-electron chi connectivity index (χ1n) is 6.17. The maximum Gasteiger partial charge on any atom is 0.262 e. The number of phenolic OH excluding ortho intramolecular Hbond substituents is 2. The zero-order chi connectivity index (χ0) is 15.0. The molecule has 21 heavy (non-hydrogen) atoms. The molecule has 0 saturated carbocycles. The molecule has 0 aliphatic carbocycles. The summed E-state index contributed by atoms with van der Waals surface area (Å²) < 4.78 is 18.2. The summed E-state index contributed by atoms with van der Waals surface area (Å²) in [6.45, 7) is 1.74. The maximum absolute atomic E-state index is 13.1. The van der Waals surface area contributed by atoms with Gasteiger partial charge in [-0.3, -0.25) is 0 Å². The van der Waals surface area contributed by atoms with Gasteiger partial charge in [-0.25, -0.2) is 4.39 Å². The van der Waals surface area contributed by atoms with Gasteiger partial charge in [0.15, 0.2) is 0 Å². The molecule has 0 unspecified atom stereocenters. The minimum Gasteiger partial charge on any atom is -0.508 e. The number of hydrogen-bond acceptors (Lipinski definition) is 5. The molecule has 2 N–H and O–H groups in total. The molecule has 3 rings (SSSR count). The predicted octanol–water partition coefficient (Wildman–Crippen LogP) is 3.26. The minimum absolute atomic E-state index is 0.0645. The first kappa shape index (κ1) is 13.1. The van der Waals surface area contributed by atoms with Gasteiger partial charge in [-0.1, -0.05) is 5.16 Å². The van der Waals surface area contributed by atoms with Crippen molar-refractivity contribution in [2.75, 3.05) is 0 Å². The highest BCUT2D eigenvalue weighted by Crippen LogP contribution is 2.32. The van der Waals surface area contributed by atoms with Crippen LogP contribution in [0.1, 0.15) is 5.56 Å². The zero-order valence-corrected chi connectivity index (χ0v) is 11.0. The van der Waals surface area contributed by atoms with Crippen molar-refractivity contribution in [2.24, 2.45) is 0 Å². The van der Waals surface area contributed by atoms with E-state index >= 15 is 0 Å². The number of hydrogen-bond donors (Lipinski definition) is 2. The van der Waals surface area contributed by atoms with Crippen LogP contribution in [0.4, 0.5) is 4.39 Å². The van der Waals surface area contributed by atoms with Crippen LogP contribution in [0.2, 0.25) is 0 Å². The van der Waals surface area contributed by atoms with Gasteiger partial charge in [0.2, 0.25) is 5.82 Å².